The van der Waals surface area contributed by atoms with Crippen molar-refractivity contribution in [3.63, 3.8) is 0 Å². The number of rotatable bonds is 7. The molecule has 0 unspecified atom stereocenters. The van der Waals surface area contributed by atoms with Crippen LogP contribution in [0.1, 0.15) is 23.0 Å². The summed E-state index contributed by atoms with van der Waals surface area (Å²) in [6.07, 6.45) is 10.1. The maximum Gasteiger partial charge on any atom is 0.182 e. The summed E-state index contributed by atoms with van der Waals surface area (Å²) >= 11 is 0. The van der Waals surface area contributed by atoms with E-state index in [0.717, 1.165) is 11.3 Å². The second kappa shape index (κ2) is 8.26. The first-order valence-corrected chi connectivity index (χ1v) is 8.92. The Morgan fingerprint density at radius 3 is 2.76 bits per heavy atom. The Morgan fingerprint density at radius 2 is 2.00 bits per heavy atom. The summed E-state index contributed by atoms with van der Waals surface area (Å²) in [6, 6.07) is 9.77. The molecule has 0 saturated carbocycles. The summed E-state index contributed by atoms with van der Waals surface area (Å²) in [5, 5.41) is 14.4. The molecule has 0 bridgehead atoms. The second-order valence-electron chi connectivity index (χ2n) is 6.26. The predicted octanol–water partition coefficient (Wildman–Crippen LogP) is 3.01. The Balaban J connectivity index is 1.55. The van der Waals surface area contributed by atoms with Crippen LogP contribution in [0.25, 0.3) is 5.69 Å². The number of nitrogens with one attached hydrogen (secondary N) is 2. The predicted molar refractivity (Wildman–Crippen MR) is 108 cm³/mol. The fourth-order valence-corrected chi connectivity index (χ4v) is 2.78. The summed E-state index contributed by atoms with van der Waals surface area (Å²) in [5.41, 5.74) is 2.92. The number of hydrogen-bond donors (Lipinski definition) is 2. The highest BCUT2D eigenvalue weighted by Crippen LogP contribution is 2.20. The summed E-state index contributed by atoms with van der Waals surface area (Å²) < 4.78 is 1.93. The van der Waals surface area contributed by atoms with Crippen LogP contribution >= 0.6 is 0 Å². The van der Waals surface area contributed by atoms with Crippen molar-refractivity contribution >= 4 is 23.1 Å². The van der Waals surface area contributed by atoms with E-state index in [2.05, 4.69) is 41.8 Å². The highest BCUT2D eigenvalue weighted by molar-refractivity contribution is 5.97. The number of nitrogens with zero attached hydrogens (tertiary/aromatic N) is 6. The molecule has 4 rings (SSSR count). The van der Waals surface area contributed by atoms with E-state index in [1.807, 2.05) is 29.0 Å². The highest BCUT2D eigenvalue weighted by Gasteiger charge is 2.12. The van der Waals surface area contributed by atoms with Crippen LogP contribution in [0.5, 0.6) is 0 Å². The lowest BCUT2D eigenvalue weighted by Crippen LogP contribution is -2.10. The normalized spacial score (nSPS) is 10.5. The summed E-state index contributed by atoms with van der Waals surface area (Å²) in [7, 11) is 0. The molecule has 0 aliphatic heterocycles. The van der Waals surface area contributed by atoms with Crippen molar-refractivity contribution in [3.05, 3.63) is 78.9 Å². The Labute approximate surface area is 166 Å². The van der Waals surface area contributed by atoms with Crippen molar-refractivity contribution < 1.29 is 4.79 Å². The van der Waals surface area contributed by atoms with Gasteiger partial charge in [-0.25, -0.2) is 9.97 Å². The van der Waals surface area contributed by atoms with Crippen LogP contribution in [0.4, 0.5) is 17.3 Å². The average Bonchev–Trinajstić information content (AvgIpc) is 3.28. The molecule has 0 spiro atoms. The number of benzene rings is 1. The second-order valence-corrected chi connectivity index (χ2v) is 6.26. The molecule has 3 aromatic heterocycles. The van der Waals surface area contributed by atoms with Crippen molar-refractivity contribution in [3.8, 4) is 5.69 Å². The molecule has 2 N–H and O–H groups in total. The molecule has 0 fully saturated rings. The molecule has 29 heavy (non-hydrogen) atoms. The van der Waals surface area contributed by atoms with Crippen LogP contribution in [0.3, 0.4) is 0 Å². The molecule has 9 heteroatoms. The van der Waals surface area contributed by atoms with Gasteiger partial charge in [-0.3, -0.25) is 9.78 Å². The number of hydrogen-bond acceptors (Lipinski definition) is 8. The molecule has 3 heterocycles. The van der Waals surface area contributed by atoms with Crippen molar-refractivity contribution in [2.24, 2.45) is 0 Å². The third kappa shape index (κ3) is 4.41. The standard InChI is InChI=1S/C20H18N8O/c1-14(29)20-17(10-18(26-27-20)25-19-12-21-5-6-23-19)24-11-15-3-2-4-16(9-15)28-8-7-22-13-28/h2-10,12-13H,11H2,1H3,(H2,23,24,25,26). The first-order chi connectivity index (χ1) is 14.2. The average molecular weight is 386 g/mol. The van der Waals surface area contributed by atoms with Crippen molar-refractivity contribution in [2.75, 3.05) is 10.6 Å². The van der Waals surface area contributed by atoms with Gasteiger partial charge in [-0.2, -0.15) is 0 Å². The van der Waals surface area contributed by atoms with Gasteiger partial charge in [0, 0.05) is 50.0 Å². The number of imidazole rings is 1. The van der Waals surface area contributed by atoms with Crippen LogP contribution < -0.4 is 10.6 Å². The van der Waals surface area contributed by atoms with Crippen LogP contribution in [-0.2, 0) is 6.54 Å². The molecule has 0 amide bonds. The zero-order chi connectivity index (χ0) is 20.1. The van der Waals surface area contributed by atoms with Crippen LogP contribution in [-0.4, -0.2) is 35.5 Å². The molecule has 0 aliphatic carbocycles. The van der Waals surface area contributed by atoms with Crippen molar-refractivity contribution in [2.45, 2.75) is 13.5 Å². The van der Waals surface area contributed by atoms with Gasteiger partial charge in [0.2, 0.25) is 0 Å². The van der Waals surface area contributed by atoms with Gasteiger partial charge in [-0.15, -0.1) is 10.2 Å². The van der Waals surface area contributed by atoms with Gasteiger partial charge in [-0.05, 0) is 17.7 Å². The maximum atomic E-state index is 12.0. The molecular formula is C20H18N8O. The molecule has 144 valence electrons. The minimum absolute atomic E-state index is 0.168. The van der Waals surface area contributed by atoms with Gasteiger partial charge in [0.25, 0.3) is 0 Å². The lowest BCUT2D eigenvalue weighted by molar-refractivity contribution is 0.101. The first kappa shape index (κ1) is 18.2. The van der Waals surface area contributed by atoms with E-state index in [1.165, 1.54) is 6.92 Å². The fraction of sp³-hybridized carbons (Fsp3) is 0.100. The number of aromatic nitrogens is 6. The van der Waals surface area contributed by atoms with Gasteiger partial charge in [0.1, 0.15) is 5.82 Å². The molecule has 0 radical (unpaired) electrons. The number of carbonyl (C=O) groups excluding carboxylic acids is 1. The maximum absolute atomic E-state index is 12.0. The van der Waals surface area contributed by atoms with E-state index in [-0.39, 0.29) is 11.5 Å². The van der Waals surface area contributed by atoms with Gasteiger partial charge in [0.15, 0.2) is 17.3 Å². The van der Waals surface area contributed by atoms with E-state index in [1.54, 1.807) is 37.2 Å². The molecule has 0 saturated heterocycles. The Hall–Kier alpha value is -4.14. The largest absolute Gasteiger partial charge is 0.379 e. The van der Waals surface area contributed by atoms with Crippen molar-refractivity contribution in [1.82, 2.24) is 29.7 Å². The third-order valence-electron chi connectivity index (χ3n) is 4.14. The summed E-state index contributed by atoms with van der Waals surface area (Å²) in [6.45, 7) is 1.98. The SMILES string of the molecule is CC(=O)c1nnc(Nc2cnccn2)cc1NCc1cccc(-n2ccnc2)c1. The highest BCUT2D eigenvalue weighted by atomic mass is 16.1. The Bertz CT molecular complexity index is 1110. The zero-order valence-electron chi connectivity index (χ0n) is 15.6. The minimum Gasteiger partial charge on any atom is -0.379 e. The minimum atomic E-state index is -0.168. The van der Waals surface area contributed by atoms with Gasteiger partial charge in [-0.1, -0.05) is 12.1 Å². The van der Waals surface area contributed by atoms with E-state index >= 15 is 0 Å². The monoisotopic (exact) mass is 386 g/mol. The number of Topliss-reactive ketones (excluding diaryl/α,β-unsaturated/α-hetero) is 1. The van der Waals surface area contributed by atoms with Crippen molar-refractivity contribution in [1.29, 1.82) is 0 Å². The van der Waals surface area contributed by atoms with E-state index < -0.39 is 0 Å². The van der Waals surface area contributed by atoms with Gasteiger partial charge < -0.3 is 15.2 Å². The lowest BCUT2D eigenvalue weighted by atomic mass is 10.2. The molecule has 0 atom stereocenters. The zero-order valence-corrected chi connectivity index (χ0v) is 15.6. The van der Waals surface area contributed by atoms with Crippen LogP contribution in [0.15, 0.2) is 67.6 Å². The van der Waals surface area contributed by atoms with E-state index in [9.17, 15) is 4.79 Å². The number of carbonyl (C=O) groups is 1. The molecule has 4 aromatic rings. The summed E-state index contributed by atoms with van der Waals surface area (Å²) in [4.78, 5) is 24.2. The first-order valence-electron chi connectivity index (χ1n) is 8.92. The van der Waals surface area contributed by atoms with Crippen LogP contribution in [0.2, 0.25) is 0 Å². The van der Waals surface area contributed by atoms with E-state index in [0.29, 0.717) is 23.9 Å². The lowest BCUT2D eigenvalue weighted by Gasteiger charge is -2.12. The smallest absolute Gasteiger partial charge is 0.182 e. The molecule has 0 aliphatic rings. The fourth-order valence-electron chi connectivity index (χ4n) is 2.78. The quantitative estimate of drug-likeness (QED) is 0.466. The van der Waals surface area contributed by atoms with Crippen LogP contribution in [0, 0.1) is 0 Å². The van der Waals surface area contributed by atoms with Gasteiger partial charge >= 0.3 is 0 Å². The molecular weight excluding hydrogens is 368 g/mol. The molecule has 1 aromatic carbocycles. The third-order valence-corrected chi connectivity index (χ3v) is 4.14. The Morgan fingerprint density at radius 1 is 1.07 bits per heavy atom. The Kier molecular flexibility index (Phi) is 5.19. The topological polar surface area (TPSA) is 111 Å². The van der Waals surface area contributed by atoms with E-state index in [4.69, 9.17) is 0 Å². The number of anilines is 3. The molecule has 9 nitrogen and oxygen atoms in total. The number of ketones is 1. The van der Waals surface area contributed by atoms with Gasteiger partial charge in [0.05, 0.1) is 18.2 Å². The summed E-state index contributed by atoms with van der Waals surface area (Å²) in [5.74, 6) is 0.833.